The van der Waals surface area contributed by atoms with Crippen LogP contribution in [0.2, 0.25) is 0 Å². The van der Waals surface area contributed by atoms with Gasteiger partial charge in [-0.1, -0.05) is 24.3 Å². The van der Waals surface area contributed by atoms with Crippen molar-refractivity contribution in [3.63, 3.8) is 0 Å². The van der Waals surface area contributed by atoms with E-state index in [1.54, 1.807) is 7.05 Å². The van der Waals surface area contributed by atoms with Crippen LogP contribution < -0.4 is 16.0 Å². The molecule has 166 valence electrons. The zero-order valence-electron chi connectivity index (χ0n) is 18.5. The first-order chi connectivity index (χ1) is 13.2. The van der Waals surface area contributed by atoms with E-state index in [0.717, 1.165) is 17.9 Å². The highest BCUT2D eigenvalue weighted by molar-refractivity contribution is 14.0. The van der Waals surface area contributed by atoms with Gasteiger partial charge in [0.05, 0.1) is 12.7 Å². The van der Waals surface area contributed by atoms with Crippen molar-refractivity contribution in [3.8, 4) is 0 Å². The largest absolute Gasteiger partial charge is 0.444 e. The highest BCUT2D eigenvalue weighted by Gasteiger charge is 2.15. The SMILES string of the molecule is CN=C(NCCCNC(=O)OC(C)(C)C)NCc1cccc(COC(C)C)c1.I. The Morgan fingerprint density at radius 3 is 2.38 bits per heavy atom. The van der Waals surface area contributed by atoms with Gasteiger partial charge in [-0.25, -0.2) is 4.79 Å². The number of hydrogen-bond donors (Lipinski definition) is 3. The lowest BCUT2D eigenvalue weighted by Crippen LogP contribution is -2.39. The molecule has 0 saturated carbocycles. The van der Waals surface area contributed by atoms with E-state index in [2.05, 4.69) is 39.1 Å². The molecule has 0 bridgehead atoms. The number of halogens is 1. The zero-order valence-corrected chi connectivity index (χ0v) is 20.8. The second kappa shape index (κ2) is 14.4. The van der Waals surface area contributed by atoms with Crippen molar-refractivity contribution in [1.29, 1.82) is 0 Å². The van der Waals surface area contributed by atoms with Crippen LogP contribution in [0, 0.1) is 0 Å². The molecule has 0 aliphatic rings. The Morgan fingerprint density at radius 1 is 1.10 bits per heavy atom. The lowest BCUT2D eigenvalue weighted by molar-refractivity contribution is 0.0527. The lowest BCUT2D eigenvalue weighted by Gasteiger charge is -2.19. The number of guanidine groups is 1. The fraction of sp³-hybridized carbons (Fsp3) is 0.619. The molecule has 0 aromatic heterocycles. The normalized spacial score (nSPS) is 11.6. The van der Waals surface area contributed by atoms with Crippen molar-refractivity contribution >= 4 is 36.0 Å². The number of ether oxygens (including phenoxy) is 2. The third kappa shape index (κ3) is 14.1. The summed E-state index contributed by atoms with van der Waals surface area (Å²) < 4.78 is 10.9. The molecule has 1 rings (SSSR count). The molecule has 1 aromatic rings. The molecular formula is C21H37IN4O3. The van der Waals surface area contributed by atoms with Gasteiger partial charge < -0.3 is 25.4 Å². The number of carbonyl (C=O) groups is 1. The van der Waals surface area contributed by atoms with Gasteiger partial charge in [0.1, 0.15) is 5.60 Å². The summed E-state index contributed by atoms with van der Waals surface area (Å²) in [6.45, 7) is 12.1. The first-order valence-electron chi connectivity index (χ1n) is 9.80. The van der Waals surface area contributed by atoms with Crippen LogP contribution in [0.15, 0.2) is 29.3 Å². The highest BCUT2D eigenvalue weighted by Crippen LogP contribution is 2.08. The molecule has 0 aliphatic heterocycles. The number of alkyl carbamates (subject to hydrolysis) is 1. The Labute approximate surface area is 192 Å². The molecule has 0 heterocycles. The summed E-state index contributed by atoms with van der Waals surface area (Å²) in [6.07, 6.45) is 0.591. The summed E-state index contributed by atoms with van der Waals surface area (Å²) in [7, 11) is 1.74. The summed E-state index contributed by atoms with van der Waals surface area (Å²) in [5.41, 5.74) is 1.84. The summed E-state index contributed by atoms with van der Waals surface area (Å²) in [5, 5.41) is 9.27. The molecule has 0 aliphatic carbocycles. The third-order valence-corrected chi connectivity index (χ3v) is 3.57. The van der Waals surface area contributed by atoms with Gasteiger partial charge in [-0.15, -0.1) is 24.0 Å². The van der Waals surface area contributed by atoms with E-state index in [-0.39, 0.29) is 30.1 Å². The quantitative estimate of drug-likeness (QED) is 0.200. The van der Waals surface area contributed by atoms with Crippen molar-refractivity contribution in [2.45, 2.75) is 65.9 Å². The molecule has 3 N–H and O–H groups in total. The Bertz CT molecular complexity index is 631. The Hall–Kier alpha value is -1.55. The Morgan fingerprint density at radius 2 is 1.76 bits per heavy atom. The molecular weight excluding hydrogens is 483 g/mol. The van der Waals surface area contributed by atoms with E-state index in [0.29, 0.717) is 26.2 Å². The molecule has 29 heavy (non-hydrogen) atoms. The molecule has 7 nitrogen and oxygen atoms in total. The fourth-order valence-corrected chi connectivity index (χ4v) is 2.30. The van der Waals surface area contributed by atoms with Crippen molar-refractivity contribution < 1.29 is 14.3 Å². The minimum absolute atomic E-state index is 0. The van der Waals surface area contributed by atoms with Crippen LogP contribution in [0.3, 0.4) is 0 Å². The zero-order chi connectivity index (χ0) is 21.0. The Balaban J connectivity index is 0.00000784. The first kappa shape index (κ1) is 27.5. The van der Waals surface area contributed by atoms with E-state index in [1.807, 2.05) is 40.7 Å². The van der Waals surface area contributed by atoms with E-state index >= 15 is 0 Å². The van der Waals surface area contributed by atoms with Gasteiger partial charge in [0.2, 0.25) is 0 Å². The van der Waals surface area contributed by atoms with Crippen LogP contribution in [-0.4, -0.2) is 43.9 Å². The van der Waals surface area contributed by atoms with Crippen molar-refractivity contribution in [2.75, 3.05) is 20.1 Å². The number of carbonyl (C=O) groups excluding carboxylic acids is 1. The monoisotopic (exact) mass is 520 g/mol. The molecule has 1 amide bonds. The number of benzene rings is 1. The molecule has 0 unspecified atom stereocenters. The molecule has 8 heteroatoms. The fourth-order valence-electron chi connectivity index (χ4n) is 2.30. The number of nitrogens with zero attached hydrogens (tertiary/aromatic N) is 1. The maximum Gasteiger partial charge on any atom is 0.407 e. The summed E-state index contributed by atoms with van der Waals surface area (Å²) in [6, 6.07) is 8.31. The topological polar surface area (TPSA) is 84.0 Å². The van der Waals surface area contributed by atoms with Crippen LogP contribution in [0.25, 0.3) is 0 Å². The van der Waals surface area contributed by atoms with Gasteiger partial charge in [-0.3, -0.25) is 4.99 Å². The van der Waals surface area contributed by atoms with Gasteiger partial charge >= 0.3 is 6.09 Å². The third-order valence-electron chi connectivity index (χ3n) is 3.57. The molecule has 0 fully saturated rings. The average Bonchev–Trinajstić information content (AvgIpc) is 2.61. The van der Waals surface area contributed by atoms with Crippen LogP contribution in [0.4, 0.5) is 4.79 Å². The van der Waals surface area contributed by atoms with Crippen LogP contribution >= 0.6 is 24.0 Å². The minimum atomic E-state index is -0.480. The maximum atomic E-state index is 11.6. The summed E-state index contributed by atoms with van der Waals surface area (Å²) in [5.74, 6) is 0.723. The highest BCUT2D eigenvalue weighted by atomic mass is 127. The number of amides is 1. The van der Waals surface area contributed by atoms with E-state index in [1.165, 1.54) is 5.56 Å². The second-order valence-electron chi connectivity index (χ2n) is 7.81. The van der Waals surface area contributed by atoms with Crippen LogP contribution in [0.1, 0.15) is 52.2 Å². The van der Waals surface area contributed by atoms with Gasteiger partial charge in [0.15, 0.2) is 5.96 Å². The predicted molar refractivity (Wildman–Crippen MR) is 129 cm³/mol. The predicted octanol–water partition coefficient (Wildman–Crippen LogP) is 3.81. The molecule has 1 aromatic carbocycles. The van der Waals surface area contributed by atoms with Crippen molar-refractivity contribution in [3.05, 3.63) is 35.4 Å². The molecule has 0 spiro atoms. The average molecular weight is 520 g/mol. The van der Waals surface area contributed by atoms with Crippen molar-refractivity contribution in [2.24, 2.45) is 4.99 Å². The van der Waals surface area contributed by atoms with Crippen LogP contribution in [-0.2, 0) is 22.6 Å². The van der Waals surface area contributed by atoms with E-state index in [4.69, 9.17) is 9.47 Å². The van der Waals surface area contributed by atoms with E-state index in [9.17, 15) is 4.79 Å². The van der Waals surface area contributed by atoms with Gasteiger partial charge in [-0.05, 0) is 52.2 Å². The molecule has 0 atom stereocenters. The molecule has 0 radical (unpaired) electrons. The second-order valence-corrected chi connectivity index (χ2v) is 7.81. The van der Waals surface area contributed by atoms with Gasteiger partial charge in [0, 0.05) is 26.7 Å². The molecule has 0 saturated heterocycles. The van der Waals surface area contributed by atoms with Crippen molar-refractivity contribution in [1.82, 2.24) is 16.0 Å². The first-order valence-corrected chi connectivity index (χ1v) is 9.80. The summed E-state index contributed by atoms with van der Waals surface area (Å²) in [4.78, 5) is 15.8. The number of nitrogens with one attached hydrogen (secondary N) is 3. The van der Waals surface area contributed by atoms with Gasteiger partial charge in [-0.2, -0.15) is 0 Å². The lowest BCUT2D eigenvalue weighted by atomic mass is 10.1. The minimum Gasteiger partial charge on any atom is -0.444 e. The Kier molecular flexibility index (Phi) is 13.7. The number of hydrogen-bond acceptors (Lipinski definition) is 4. The van der Waals surface area contributed by atoms with Gasteiger partial charge in [0.25, 0.3) is 0 Å². The van der Waals surface area contributed by atoms with E-state index < -0.39 is 11.7 Å². The summed E-state index contributed by atoms with van der Waals surface area (Å²) >= 11 is 0. The van der Waals surface area contributed by atoms with Crippen LogP contribution in [0.5, 0.6) is 0 Å². The standard InChI is InChI=1S/C21H36N4O3.HI/c1-16(2)27-15-18-10-7-9-17(13-18)14-25-19(22-6)23-11-8-12-24-20(26)28-21(3,4)5;/h7,9-10,13,16H,8,11-12,14-15H2,1-6H3,(H,24,26)(H2,22,23,25);1H. The smallest absolute Gasteiger partial charge is 0.407 e. The number of rotatable bonds is 9. The maximum absolute atomic E-state index is 11.6. The number of aliphatic imine (C=N–C) groups is 1.